The zero-order valence-corrected chi connectivity index (χ0v) is 12.9. The van der Waals surface area contributed by atoms with E-state index in [1.54, 1.807) is 6.42 Å². The van der Waals surface area contributed by atoms with E-state index < -0.39 is 0 Å². The lowest BCUT2D eigenvalue weighted by Gasteiger charge is -2.54. The molecule has 0 atom stereocenters. The Labute approximate surface area is 123 Å². The van der Waals surface area contributed by atoms with Gasteiger partial charge in [-0.25, -0.2) is 0 Å². The van der Waals surface area contributed by atoms with Crippen LogP contribution in [0.15, 0.2) is 18.2 Å². The molecule has 1 heteroatoms. The third-order valence-electron chi connectivity index (χ3n) is 6.39. The molecule has 0 aliphatic heterocycles. The molecule has 4 aliphatic carbocycles. The van der Waals surface area contributed by atoms with Gasteiger partial charge in [-0.2, -0.15) is 0 Å². The molecular weight excluding hydrogens is 242 g/mol. The van der Waals surface area contributed by atoms with Gasteiger partial charge in [-0.05, 0) is 86.3 Å². The number of hydrogen-bond acceptors (Lipinski definition) is 1. The van der Waals surface area contributed by atoms with Crippen LogP contribution in [0.2, 0.25) is 0 Å². The van der Waals surface area contributed by atoms with E-state index in [0.29, 0.717) is 0 Å². The fourth-order valence-electron chi connectivity index (χ4n) is 5.61. The van der Waals surface area contributed by atoms with Crippen molar-refractivity contribution in [3.8, 4) is 0 Å². The predicted molar refractivity (Wildman–Crippen MR) is 83.6 cm³/mol. The van der Waals surface area contributed by atoms with E-state index >= 15 is 0 Å². The van der Waals surface area contributed by atoms with Crippen LogP contribution in [0.5, 0.6) is 0 Å². The summed E-state index contributed by atoms with van der Waals surface area (Å²) in [6, 6.07) is 7.49. The van der Waals surface area contributed by atoms with Gasteiger partial charge in [0.1, 0.15) is 0 Å². The SMILES string of the molecule is Cc1cccc(C)c1CNC1C2CC3CC(C2)CC1C3. The minimum atomic E-state index is 0.807. The van der Waals surface area contributed by atoms with Crippen molar-refractivity contribution >= 4 is 0 Å². The Morgan fingerprint density at radius 1 is 0.900 bits per heavy atom. The number of aryl methyl sites for hydroxylation is 2. The fourth-order valence-corrected chi connectivity index (χ4v) is 5.61. The second-order valence-electron chi connectivity index (χ2n) is 7.71. The van der Waals surface area contributed by atoms with Crippen molar-refractivity contribution in [3.05, 3.63) is 34.9 Å². The maximum absolute atomic E-state index is 3.96. The van der Waals surface area contributed by atoms with E-state index in [0.717, 1.165) is 36.3 Å². The number of benzene rings is 1. The minimum absolute atomic E-state index is 0.807. The first-order valence-corrected chi connectivity index (χ1v) is 8.49. The molecule has 108 valence electrons. The maximum Gasteiger partial charge on any atom is 0.0213 e. The Balaban J connectivity index is 1.47. The third kappa shape index (κ3) is 2.11. The zero-order valence-electron chi connectivity index (χ0n) is 12.9. The second kappa shape index (κ2) is 4.87. The molecule has 0 aromatic heterocycles. The molecule has 1 aromatic carbocycles. The van der Waals surface area contributed by atoms with Crippen LogP contribution in [0.4, 0.5) is 0 Å². The average Bonchev–Trinajstić information content (AvgIpc) is 2.40. The molecule has 0 amide bonds. The van der Waals surface area contributed by atoms with E-state index in [-0.39, 0.29) is 0 Å². The van der Waals surface area contributed by atoms with Crippen LogP contribution in [-0.2, 0) is 6.54 Å². The van der Waals surface area contributed by atoms with Crippen molar-refractivity contribution in [2.24, 2.45) is 23.7 Å². The first-order chi connectivity index (χ1) is 9.70. The summed E-state index contributed by atoms with van der Waals surface area (Å²) in [6.07, 6.45) is 7.60. The Kier molecular flexibility index (Phi) is 3.14. The molecule has 0 heterocycles. The quantitative estimate of drug-likeness (QED) is 0.866. The van der Waals surface area contributed by atoms with Gasteiger partial charge in [-0.1, -0.05) is 18.2 Å². The molecule has 1 N–H and O–H groups in total. The van der Waals surface area contributed by atoms with E-state index in [9.17, 15) is 0 Å². The summed E-state index contributed by atoms with van der Waals surface area (Å²) < 4.78 is 0. The zero-order chi connectivity index (χ0) is 13.7. The first-order valence-electron chi connectivity index (χ1n) is 8.49. The third-order valence-corrected chi connectivity index (χ3v) is 6.39. The van der Waals surface area contributed by atoms with Gasteiger partial charge >= 0.3 is 0 Å². The average molecular weight is 269 g/mol. The molecule has 4 saturated carbocycles. The van der Waals surface area contributed by atoms with Crippen LogP contribution in [0.3, 0.4) is 0 Å². The predicted octanol–water partition coefficient (Wildman–Crippen LogP) is 4.22. The topological polar surface area (TPSA) is 12.0 Å². The summed E-state index contributed by atoms with van der Waals surface area (Å²) in [4.78, 5) is 0. The molecule has 1 nitrogen and oxygen atoms in total. The van der Waals surface area contributed by atoms with E-state index in [4.69, 9.17) is 0 Å². The highest BCUT2D eigenvalue weighted by Crippen LogP contribution is 2.53. The number of rotatable bonds is 3. The highest BCUT2D eigenvalue weighted by Gasteiger charge is 2.47. The van der Waals surface area contributed by atoms with Gasteiger partial charge in [0.2, 0.25) is 0 Å². The molecule has 4 fully saturated rings. The largest absolute Gasteiger partial charge is 0.309 e. The normalized spacial score (nSPS) is 38.4. The standard InChI is InChI=1S/C19H27N/c1-12-4-3-5-13(2)18(12)11-20-19-16-7-14-6-15(9-16)10-17(19)8-14/h3-5,14-17,19-20H,6-11H2,1-2H3. The highest BCUT2D eigenvalue weighted by molar-refractivity contribution is 5.33. The summed E-state index contributed by atoms with van der Waals surface area (Å²) in [5, 5.41) is 3.96. The Hall–Kier alpha value is -0.820. The van der Waals surface area contributed by atoms with Crippen molar-refractivity contribution in [1.82, 2.24) is 5.32 Å². The molecule has 20 heavy (non-hydrogen) atoms. The molecule has 0 unspecified atom stereocenters. The van der Waals surface area contributed by atoms with Crippen LogP contribution < -0.4 is 5.32 Å². The van der Waals surface area contributed by atoms with Gasteiger partial charge in [0.25, 0.3) is 0 Å². The lowest BCUT2D eigenvalue weighted by molar-refractivity contribution is -0.0143. The Morgan fingerprint density at radius 3 is 2.00 bits per heavy atom. The van der Waals surface area contributed by atoms with Crippen LogP contribution in [0, 0.1) is 37.5 Å². The molecule has 1 aromatic rings. The lowest BCUT2D eigenvalue weighted by atomic mass is 9.54. The molecule has 5 rings (SSSR count). The van der Waals surface area contributed by atoms with Crippen molar-refractivity contribution < 1.29 is 0 Å². The molecule has 0 spiro atoms. The van der Waals surface area contributed by atoms with Crippen molar-refractivity contribution in [2.45, 2.75) is 58.5 Å². The van der Waals surface area contributed by atoms with Crippen LogP contribution in [-0.4, -0.2) is 6.04 Å². The highest BCUT2D eigenvalue weighted by atomic mass is 14.9. The van der Waals surface area contributed by atoms with Gasteiger partial charge in [-0.3, -0.25) is 0 Å². The van der Waals surface area contributed by atoms with Crippen LogP contribution in [0.25, 0.3) is 0 Å². The summed E-state index contributed by atoms with van der Waals surface area (Å²) in [5.41, 5.74) is 4.42. The number of hydrogen-bond donors (Lipinski definition) is 1. The molecule has 4 bridgehead atoms. The molecule has 0 radical (unpaired) electrons. The summed E-state index contributed by atoms with van der Waals surface area (Å²) in [5.74, 6) is 4.12. The summed E-state index contributed by atoms with van der Waals surface area (Å²) >= 11 is 0. The second-order valence-corrected chi connectivity index (χ2v) is 7.71. The van der Waals surface area contributed by atoms with Gasteiger partial charge in [0.05, 0.1) is 0 Å². The maximum atomic E-state index is 3.96. The van der Waals surface area contributed by atoms with E-state index in [1.165, 1.54) is 42.4 Å². The van der Waals surface area contributed by atoms with Crippen LogP contribution in [0.1, 0.15) is 48.8 Å². The number of nitrogens with one attached hydrogen (secondary N) is 1. The van der Waals surface area contributed by atoms with Crippen LogP contribution >= 0.6 is 0 Å². The lowest BCUT2D eigenvalue weighted by Crippen LogP contribution is -2.54. The minimum Gasteiger partial charge on any atom is -0.309 e. The Morgan fingerprint density at radius 2 is 1.45 bits per heavy atom. The van der Waals surface area contributed by atoms with Crippen molar-refractivity contribution in [2.75, 3.05) is 0 Å². The molecule has 0 saturated heterocycles. The van der Waals surface area contributed by atoms with Gasteiger partial charge < -0.3 is 5.32 Å². The van der Waals surface area contributed by atoms with Gasteiger partial charge in [-0.15, -0.1) is 0 Å². The van der Waals surface area contributed by atoms with Gasteiger partial charge in [0, 0.05) is 12.6 Å². The fraction of sp³-hybridized carbons (Fsp3) is 0.684. The Bertz CT molecular complexity index is 456. The first kappa shape index (κ1) is 12.9. The summed E-state index contributed by atoms with van der Waals surface area (Å²) in [6.45, 7) is 5.58. The van der Waals surface area contributed by atoms with Gasteiger partial charge in [0.15, 0.2) is 0 Å². The van der Waals surface area contributed by atoms with Crippen molar-refractivity contribution in [3.63, 3.8) is 0 Å². The van der Waals surface area contributed by atoms with Crippen molar-refractivity contribution in [1.29, 1.82) is 0 Å². The molecular formula is C19H27N. The van der Waals surface area contributed by atoms with E-state index in [1.807, 2.05) is 0 Å². The monoisotopic (exact) mass is 269 g/mol. The molecule has 4 aliphatic rings. The van der Waals surface area contributed by atoms with E-state index in [2.05, 4.69) is 37.4 Å². The smallest absolute Gasteiger partial charge is 0.0213 e. The summed E-state index contributed by atoms with van der Waals surface area (Å²) in [7, 11) is 0.